The molecule has 4 N–H and O–H groups in total. The van der Waals surface area contributed by atoms with Crippen LogP contribution in [-0.2, 0) is 0 Å². The lowest BCUT2D eigenvalue weighted by molar-refractivity contribution is 0.726. The molecule has 0 unspecified atom stereocenters. The highest BCUT2D eigenvalue weighted by Crippen LogP contribution is 1.92. The van der Waals surface area contributed by atoms with Crippen molar-refractivity contribution in [3.63, 3.8) is 0 Å². The molecule has 0 aliphatic carbocycles. The predicted molar refractivity (Wildman–Crippen MR) is 110 cm³/mol. The Morgan fingerprint density at radius 2 is 0.182 bits per heavy atom. The maximum atomic E-state index is 4.62. The van der Waals surface area contributed by atoms with Crippen molar-refractivity contribution >= 4 is 0 Å². The normalized spacial score (nSPS) is 15.4. The SMILES string of the molecule is N/N=N/N=N/N=N/N=N/N=N/N=N/N=N/N=N/N=N/N=N/N=N/N=N/N=N/N=N/N=N/N=N/N=N/N=N/N=N/N=N/N=N/N. The molecule has 0 fully saturated rings. The van der Waals surface area contributed by atoms with E-state index in [1.807, 2.05) is 0 Å². The minimum Gasteiger partial charge on any atom is -0.303 e. The Morgan fingerprint density at radius 3 is 0.250 bits per heavy atom. The van der Waals surface area contributed by atoms with Crippen molar-refractivity contribution in [1.82, 2.24) is 0 Å². The molecule has 0 aliphatic rings. The van der Waals surface area contributed by atoms with Gasteiger partial charge in [0.1, 0.15) is 0 Å². The topological polar surface area (TPSA) is 571 Å². The van der Waals surface area contributed by atoms with Gasteiger partial charge in [0.2, 0.25) is 0 Å². The lowest BCUT2D eigenvalue weighted by atomic mass is 12.3. The van der Waals surface area contributed by atoms with Crippen LogP contribution in [0, 0.1) is 0 Å². The minimum atomic E-state index is 2.75. The predicted octanol–water partition coefficient (Wildman–Crippen LogP) is 6.53. The van der Waals surface area contributed by atoms with Gasteiger partial charge in [0.25, 0.3) is 0 Å². The molecule has 0 bridgehead atoms. The van der Waals surface area contributed by atoms with Gasteiger partial charge < -0.3 is 11.7 Å². The summed E-state index contributed by atoms with van der Waals surface area (Å²) in [4.78, 5) is 0. The van der Waals surface area contributed by atoms with Crippen LogP contribution in [0.4, 0.5) is 0 Å². The fourth-order valence-electron chi connectivity index (χ4n) is 0.726. The zero-order valence-electron chi connectivity index (χ0n) is 19.9. The van der Waals surface area contributed by atoms with Gasteiger partial charge in [-0.2, -0.15) is 0 Å². The molecule has 0 heterocycles. The van der Waals surface area contributed by atoms with Crippen molar-refractivity contribution in [3.05, 3.63) is 0 Å². The van der Waals surface area contributed by atoms with Crippen LogP contribution in [0.15, 0.2) is 219 Å². The summed E-state index contributed by atoms with van der Waals surface area (Å²) in [7, 11) is 0. The molecule has 0 radical (unpaired) electrons. The summed E-state index contributed by atoms with van der Waals surface area (Å²) in [5.74, 6) is 9.24. The van der Waals surface area contributed by atoms with E-state index < -0.39 is 0 Å². The van der Waals surface area contributed by atoms with E-state index in [0.29, 0.717) is 0 Å². The third kappa shape index (κ3) is 33.2. The van der Waals surface area contributed by atoms with E-state index in [1.54, 1.807) is 0 Å². The first-order chi connectivity index (χ1) is 21.9. The monoisotopic (exact) mass is 620 g/mol. The molecule has 44 heavy (non-hydrogen) atoms. The average molecular weight is 620 g/mol. The zero-order valence-corrected chi connectivity index (χ0v) is 19.9. The first kappa shape index (κ1) is 35.2. The lowest BCUT2D eigenvalue weighted by Crippen LogP contribution is -1.70. The van der Waals surface area contributed by atoms with E-state index in [2.05, 4.69) is 231 Å². The van der Waals surface area contributed by atoms with Crippen LogP contribution in [0.3, 0.4) is 0 Å². The second-order valence-electron chi connectivity index (χ2n) is 3.81. The molecule has 0 aromatic carbocycles. The quantitative estimate of drug-likeness (QED) is 0.0870. The molecule has 0 saturated heterocycles. The first-order valence-corrected chi connectivity index (χ1v) is 8.72. The van der Waals surface area contributed by atoms with Crippen LogP contribution in [0.1, 0.15) is 0 Å². The first-order valence-electron chi connectivity index (χ1n) is 8.72. The van der Waals surface area contributed by atoms with Crippen LogP contribution in [0.25, 0.3) is 0 Å². The highest BCUT2D eigenvalue weighted by Gasteiger charge is 1.74. The number of nitrogens with zero attached hydrogens (tertiary/aromatic N) is 42. The van der Waals surface area contributed by atoms with Crippen LogP contribution >= 0.6 is 0 Å². The third-order valence-corrected chi connectivity index (χ3v) is 1.66. The van der Waals surface area contributed by atoms with Gasteiger partial charge in [0.15, 0.2) is 0 Å². The Labute approximate surface area is 232 Å². The van der Waals surface area contributed by atoms with Gasteiger partial charge >= 0.3 is 0 Å². The summed E-state index contributed by atoms with van der Waals surface area (Å²) in [6.45, 7) is 0. The van der Waals surface area contributed by atoms with E-state index in [1.165, 1.54) is 0 Å². The van der Waals surface area contributed by atoms with Crippen LogP contribution in [-0.4, -0.2) is 0 Å². The summed E-state index contributed by atoms with van der Waals surface area (Å²) in [6, 6.07) is 0. The standard InChI is InChI=1S/H4N44/c1-3-5-7-9-11-13-15-17-19-21-23-25-27-29-31-33-35-37-39-41-43-44-42-40-38-36-34-32-30-28-26-24-22-20-18-16-14-12-10-8-6-4-2/h(H2,1,4,5,8,9,12,13,16,17,20,21,24,25,28,29,32,33,36,37,40,41,44)(H2,2,3,6,7,10,11,14,15,18,19,22,23,26,27,30,31,34,35,38,39,42,43). The fraction of sp³-hybridized carbons (Fsp3) is 0. The van der Waals surface area contributed by atoms with Gasteiger partial charge in [-0.3, -0.25) is 0 Å². The highest BCUT2D eigenvalue weighted by molar-refractivity contribution is 4.17. The summed E-state index contributed by atoms with van der Waals surface area (Å²) in [5, 5.41) is 125. The van der Waals surface area contributed by atoms with Gasteiger partial charge in [0.05, 0.1) is 0 Å². The second kappa shape index (κ2) is 34.2. The Morgan fingerprint density at radius 1 is 0.114 bits per heavy atom. The molecule has 0 aliphatic heterocycles. The van der Waals surface area contributed by atoms with Crippen LogP contribution in [0.5, 0.6) is 0 Å². The zero-order chi connectivity index (χ0) is 31.7. The number of rotatable bonds is 20. The molecule has 0 aromatic heterocycles. The minimum absolute atomic E-state index is 2.75. The Kier molecular flexibility index (Phi) is 27.4. The van der Waals surface area contributed by atoms with Gasteiger partial charge in [-0.15, -0.1) is 0 Å². The Balaban J connectivity index is 4.03. The van der Waals surface area contributed by atoms with Crippen molar-refractivity contribution in [2.75, 3.05) is 0 Å². The number of hydrogen-bond acceptors (Lipinski definition) is 2. The molecule has 0 rings (SSSR count). The van der Waals surface area contributed by atoms with Crippen molar-refractivity contribution in [2.45, 2.75) is 0 Å². The lowest BCUT2D eigenvalue weighted by Gasteiger charge is -1.70. The molecule has 44 nitrogen and oxygen atoms in total. The largest absolute Gasteiger partial charge is 0.303 e. The van der Waals surface area contributed by atoms with E-state index in [0.717, 1.165) is 0 Å². The molecular formula is H4N44. The van der Waals surface area contributed by atoms with Crippen molar-refractivity contribution in [3.8, 4) is 0 Å². The maximum absolute atomic E-state index is 4.62. The molecular weight excluding hydrogens is 616 g/mol. The van der Waals surface area contributed by atoms with E-state index >= 15 is 0 Å². The van der Waals surface area contributed by atoms with Crippen molar-refractivity contribution in [1.29, 1.82) is 0 Å². The van der Waals surface area contributed by atoms with Crippen LogP contribution < -0.4 is 11.7 Å². The number of nitrogens with two attached hydrogens (primary N) is 2. The molecule has 0 spiro atoms. The molecule has 44 heteroatoms. The smallest absolute Gasteiger partial charge is 0 e. The van der Waals surface area contributed by atoms with E-state index in [9.17, 15) is 0 Å². The van der Waals surface area contributed by atoms with Gasteiger partial charge in [-0.1, -0.05) is 10.4 Å². The van der Waals surface area contributed by atoms with Gasteiger partial charge in [-0.25, -0.2) is 0 Å². The molecule has 0 atom stereocenters. The van der Waals surface area contributed by atoms with Crippen molar-refractivity contribution in [2.24, 2.45) is 231 Å². The van der Waals surface area contributed by atoms with E-state index in [-0.39, 0.29) is 0 Å². The fourth-order valence-corrected chi connectivity index (χ4v) is 0.726. The molecule has 0 amide bonds. The maximum Gasteiger partial charge on any atom is 0 e. The summed E-state index contributed by atoms with van der Waals surface area (Å²) in [5.41, 5.74) is 0. The highest BCUT2D eigenvalue weighted by atomic mass is 15.7. The number of hydrogen-bond donors (Lipinski definition) is 2. The van der Waals surface area contributed by atoms with Gasteiger partial charge in [-0.05, 0) is 73.1 Å². The van der Waals surface area contributed by atoms with Crippen molar-refractivity contribution < 1.29 is 0 Å². The molecule has 224 valence electrons. The summed E-state index contributed by atoms with van der Waals surface area (Å²) >= 11 is 0. The Bertz CT molecular complexity index is 1220. The van der Waals surface area contributed by atoms with E-state index in [4.69, 9.17) is 0 Å². The molecule has 0 aromatic rings. The third-order valence-electron chi connectivity index (χ3n) is 1.66. The van der Waals surface area contributed by atoms with Crippen LogP contribution in [0.2, 0.25) is 0 Å². The second-order valence-corrected chi connectivity index (χ2v) is 3.81. The average Bonchev–Trinajstić information content (AvgIpc) is 3.04. The summed E-state index contributed by atoms with van der Waals surface area (Å²) < 4.78 is 0. The van der Waals surface area contributed by atoms with Gasteiger partial charge in [0, 0.05) is 136 Å². The molecule has 0 saturated carbocycles. The Hall–Kier alpha value is -8.80. The summed E-state index contributed by atoms with van der Waals surface area (Å²) in [6.07, 6.45) is 0.